The van der Waals surface area contributed by atoms with E-state index in [-0.39, 0.29) is 10.3 Å². The fraction of sp³-hybridized carbons (Fsp3) is 0.375. The van der Waals surface area contributed by atoms with Crippen molar-refractivity contribution in [2.45, 2.75) is 23.1 Å². The molecule has 0 aliphatic heterocycles. The van der Waals surface area contributed by atoms with Crippen LogP contribution in [0.4, 0.5) is 0 Å². The maximum absolute atomic E-state index is 11.7. The molecule has 3 nitrogen and oxygen atoms in total. The minimum Gasteiger partial charge on any atom is -0.229 e. The van der Waals surface area contributed by atoms with E-state index >= 15 is 0 Å². The quantitative estimate of drug-likeness (QED) is 0.763. The maximum Gasteiger partial charge on any atom is 0.198 e. The van der Waals surface area contributed by atoms with Gasteiger partial charge in [-0.1, -0.05) is 6.07 Å². The second-order valence-corrected chi connectivity index (χ2v) is 6.03. The second kappa shape index (κ2) is 3.06. The highest BCUT2D eigenvalue weighted by Gasteiger charge is 2.37. The molecular formula is C8H8BrNO2S. The summed E-state index contributed by atoms with van der Waals surface area (Å²) in [6.45, 7) is 0. The summed E-state index contributed by atoms with van der Waals surface area (Å²) in [4.78, 5) is 3.93. The fourth-order valence-electron chi connectivity index (χ4n) is 1.10. The van der Waals surface area contributed by atoms with Crippen molar-refractivity contribution in [2.24, 2.45) is 0 Å². The van der Waals surface area contributed by atoms with Gasteiger partial charge in [-0.2, -0.15) is 0 Å². The van der Waals surface area contributed by atoms with Gasteiger partial charge in [-0.05, 0) is 40.9 Å². The molecule has 0 atom stereocenters. The summed E-state index contributed by atoms with van der Waals surface area (Å²) in [5.41, 5.74) is 0. The summed E-state index contributed by atoms with van der Waals surface area (Å²) in [6.07, 6.45) is 1.55. The first kappa shape index (κ1) is 9.15. The van der Waals surface area contributed by atoms with Crippen LogP contribution in [0, 0.1) is 0 Å². The van der Waals surface area contributed by atoms with Crippen LogP contribution in [0.25, 0.3) is 0 Å². The highest BCUT2D eigenvalue weighted by molar-refractivity contribution is 9.10. The monoisotopic (exact) mass is 261 g/mol. The molecule has 70 valence electrons. The minimum atomic E-state index is -3.13. The van der Waals surface area contributed by atoms with E-state index in [1.54, 1.807) is 18.2 Å². The van der Waals surface area contributed by atoms with Crippen molar-refractivity contribution >= 4 is 25.8 Å². The van der Waals surface area contributed by atoms with Crippen LogP contribution < -0.4 is 0 Å². The molecule has 1 aliphatic rings. The van der Waals surface area contributed by atoms with Gasteiger partial charge in [-0.25, -0.2) is 13.4 Å². The van der Waals surface area contributed by atoms with Crippen LogP contribution in [-0.2, 0) is 9.84 Å². The van der Waals surface area contributed by atoms with Crippen LogP contribution >= 0.6 is 15.9 Å². The Morgan fingerprint density at radius 1 is 1.38 bits per heavy atom. The molecule has 0 bridgehead atoms. The largest absolute Gasteiger partial charge is 0.229 e. The third kappa shape index (κ3) is 1.76. The molecule has 0 unspecified atom stereocenters. The predicted molar refractivity (Wildman–Crippen MR) is 52.1 cm³/mol. The molecule has 5 heteroatoms. The zero-order valence-electron chi connectivity index (χ0n) is 6.77. The van der Waals surface area contributed by atoms with Gasteiger partial charge in [0.25, 0.3) is 0 Å². The van der Waals surface area contributed by atoms with Gasteiger partial charge in [0.1, 0.15) is 4.60 Å². The molecule has 0 spiro atoms. The molecule has 13 heavy (non-hydrogen) atoms. The molecule has 0 saturated heterocycles. The number of pyridine rings is 1. The molecule has 0 radical (unpaired) electrons. The van der Waals surface area contributed by atoms with E-state index in [0.717, 1.165) is 12.8 Å². The van der Waals surface area contributed by atoms with Crippen molar-refractivity contribution in [3.63, 3.8) is 0 Å². The molecular weight excluding hydrogens is 254 g/mol. The van der Waals surface area contributed by atoms with Crippen LogP contribution in [0.15, 0.2) is 27.8 Å². The van der Waals surface area contributed by atoms with E-state index in [0.29, 0.717) is 4.60 Å². The van der Waals surface area contributed by atoms with Gasteiger partial charge in [0, 0.05) is 0 Å². The van der Waals surface area contributed by atoms with Crippen molar-refractivity contribution in [2.75, 3.05) is 0 Å². The van der Waals surface area contributed by atoms with Crippen molar-refractivity contribution in [3.05, 3.63) is 22.8 Å². The third-order valence-corrected chi connectivity index (χ3v) is 4.55. The van der Waals surface area contributed by atoms with Crippen LogP contribution in [0.3, 0.4) is 0 Å². The topological polar surface area (TPSA) is 47.0 Å². The zero-order valence-corrected chi connectivity index (χ0v) is 9.18. The van der Waals surface area contributed by atoms with Gasteiger partial charge in [0.15, 0.2) is 14.9 Å². The molecule has 1 fully saturated rings. The standard InChI is InChI=1S/C8H8BrNO2S/c9-7-2-1-3-8(10-7)13(11,12)6-4-5-6/h1-3,6H,4-5H2. The molecule has 1 aliphatic carbocycles. The Labute approximate surface area is 85.2 Å². The molecule has 1 aromatic rings. The lowest BCUT2D eigenvalue weighted by Gasteiger charge is -2.00. The average Bonchev–Trinajstić information content (AvgIpc) is 2.86. The Bertz CT molecular complexity index is 426. The van der Waals surface area contributed by atoms with E-state index < -0.39 is 9.84 Å². The van der Waals surface area contributed by atoms with E-state index in [4.69, 9.17) is 0 Å². The van der Waals surface area contributed by atoms with Crippen LogP contribution in [0.1, 0.15) is 12.8 Å². The third-order valence-electron chi connectivity index (χ3n) is 1.94. The van der Waals surface area contributed by atoms with Gasteiger partial charge < -0.3 is 0 Å². The number of hydrogen-bond acceptors (Lipinski definition) is 3. The Balaban J connectivity index is 2.45. The Morgan fingerprint density at radius 3 is 2.62 bits per heavy atom. The Hall–Kier alpha value is -0.420. The predicted octanol–water partition coefficient (Wildman–Crippen LogP) is 1.78. The van der Waals surface area contributed by atoms with E-state index in [9.17, 15) is 8.42 Å². The van der Waals surface area contributed by atoms with Crippen molar-refractivity contribution in [1.29, 1.82) is 0 Å². The molecule has 1 saturated carbocycles. The minimum absolute atomic E-state index is 0.185. The van der Waals surface area contributed by atoms with Crippen molar-refractivity contribution in [3.8, 4) is 0 Å². The summed E-state index contributed by atoms with van der Waals surface area (Å²) >= 11 is 3.15. The van der Waals surface area contributed by atoms with Crippen molar-refractivity contribution in [1.82, 2.24) is 4.98 Å². The van der Waals surface area contributed by atoms with Crippen molar-refractivity contribution < 1.29 is 8.42 Å². The molecule has 1 heterocycles. The maximum atomic E-state index is 11.7. The molecule has 0 aromatic carbocycles. The van der Waals surface area contributed by atoms with E-state index in [1.807, 2.05) is 0 Å². The number of rotatable bonds is 2. The number of nitrogens with zero attached hydrogens (tertiary/aromatic N) is 1. The molecule has 0 amide bonds. The van der Waals surface area contributed by atoms with Gasteiger partial charge in [0.05, 0.1) is 5.25 Å². The lowest BCUT2D eigenvalue weighted by molar-refractivity contribution is 0.591. The van der Waals surface area contributed by atoms with Gasteiger partial charge >= 0.3 is 0 Å². The van der Waals surface area contributed by atoms with Gasteiger partial charge in [-0.15, -0.1) is 0 Å². The smallest absolute Gasteiger partial charge is 0.198 e. The number of sulfone groups is 1. The van der Waals surface area contributed by atoms with Crippen LogP contribution in [-0.4, -0.2) is 18.7 Å². The first-order valence-corrected chi connectivity index (χ1v) is 6.31. The molecule has 0 N–H and O–H groups in total. The molecule has 2 rings (SSSR count). The summed E-state index contributed by atoms with van der Waals surface area (Å²) in [6, 6.07) is 4.94. The van der Waals surface area contributed by atoms with Crippen LogP contribution in [0.2, 0.25) is 0 Å². The first-order chi connectivity index (χ1) is 6.10. The van der Waals surface area contributed by atoms with Gasteiger partial charge in [0.2, 0.25) is 0 Å². The van der Waals surface area contributed by atoms with Crippen LogP contribution in [0.5, 0.6) is 0 Å². The van der Waals surface area contributed by atoms with E-state index in [2.05, 4.69) is 20.9 Å². The highest BCUT2D eigenvalue weighted by Crippen LogP contribution is 2.32. The normalized spacial score (nSPS) is 17.3. The summed E-state index contributed by atoms with van der Waals surface area (Å²) in [5, 5.41) is -0.00123. The summed E-state index contributed by atoms with van der Waals surface area (Å²) in [5.74, 6) is 0. The zero-order chi connectivity index (χ0) is 9.47. The number of hydrogen-bond donors (Lipinski definition) is 0. The first-order valence-electron chi connectivity index (χ1n) is 3.97. The summed E-state index contributed by atoms with van der Waals surface area (Å²) < 4.78 is 23.9. The SMILES string of the molecule is O=S(=O)(c1cccc(Br)n1)C1CC1. The highest BCUT2D eigenvalue weighted by atomic mass is 79.9. The molecule has 1 aromatic heterocycles. The van der Waals surface area contributed by atoms with E-state index in [1.165, 1.54) is 0 Å². The van der Waals surface area contributed by atoms with Gasteiger partial charge in [-0.3, -0.25) is 0 Å². The Morgan fingerprint density at radius 2 is 2.08 bits per heavy atom. The lowest BCUT2D eigenvalue weighted by atomic mass is 10.5. The lowest BCUT2D eigenvalue weighted by Crippen LogP contribution is -2.08. The second-order valence-electron chi connectivity index (χ2n) is 3.04. The number of aromatic nitrogens is 1. The fourth-order valence-corrected chi connectivity index (χ4v) is 3.15. The summed E-state index contributed by atoms with van der Waals surface area (Å²) in [7, 11) is -3.13. The Kier molecular flexibility index (Phi) is 2.15. The number of halogens is 1. The average molecular weight is 262 g/mol.